The number of aryl methyl sites for hydroxylation is 1. The lowest BCUT2D eigenvalue weighted by Crippen LogP contribution is -2.16. The molecule has 2 aromatic carbocycles. The van der Waals surface area contributed by atoms with Gasteiger partial charge in [0.1, 0.15) is 0 Å². The van der Waals surface area contributed by atoms with E-state index in [-0.39, 0.29) is 5.91 Å². The lowest BCUT2D eigenvalue weighted by molar-refractivity contribution is 0.102. The van der Waals surface area contributed by atoms with Crippen molar-refractivity contribution in [1.29, 1.82) is 0 Å². The van der Waals surface area contributed by atoms with Crippen LogP contribution in [0.3, 0.4) is 0 Å². The van der Waals surface area contributed by atoms with Crippen molar-refractivity contribution >= 4 is 34.5 Å². The number of hydrogen-bond donors (Lipinski definition) is 1. The predicted octanol–water partition coefficient (Wildman–Crippen LogP) is 5.91. The van der Waals surface area contributed by atoms with E-state index in [1.165, 1.54) is 25.7 Å². The van der Waals surface area contributed by atoms with Gasteiger partial charge in [-0.3, -0.25) is 10.1 Å². The Balaban J connectivity index is 1.78. The van der Waals surface area contributed by atoms with Crippen molar-refractivity contribution in [3.8, 4) is 0 Å². The van der Waals surface area contributed by atoms with Crippen molar-refractivity contribution < 1.29 is 4.79 Å². The van der Waals surface area contributed by atoms with Gasteiger partial charge in [0, 0.05) is 17.1 Å². The highest BCUT2D eigenvalue weighted by molar-refractivity contribution is 6.30. The molecule has 0 fully saturated rings. The maximum absolute atomic E-state index is 12.6. The number of nitrogens with one attached hydrogen (secondary N) is 1. The van der Waals surface area contributed by atoms with Gasteiger partial charge in [0.2, 0.25) is 5.95 Å². The largest absolute Gasteiger partial charge is 0.310 e. The molecule has 0 aliphatic rings. The second kappa shape index (κ2) is 8.86. The number of unbranched alkanes of at least 4 members (excludes halogenated alkanes) is 4. The Bertz CT molecular complexity index is 871. The Morgan fingerprint density at radius 2 is 1.77 bits per heavy atom. The van der Waals surface area contributed by atoms with Crippen molar-refractivity contribution in [2.24, 2.45) is 0 Å². The molecule has 0 spiro atoms. The van der Waals surface area contributed by atoms with Crippen LogP contribution in [0.5, 0.6) is 0 Å². The van der Waals surface area contributed by atoms with E-state index in [4.69, 9.17) is 11.6 Å². The van der Waals surface area contributed by atoms with E-state index in [0.29, 0.717) is 16.5 Å². The average Bonchev–Trinajstić information content (AvgIpc) is 2.99. The summed E-state index contributed by atoms with van der Waals surface area (Å²) in [6.45, 7) is 3.06. The predicted molar refractivity (Wildman–Crippen MR) is 108 cm³/mol. The summed E-state index contributed by atoms with van der Waals surface area (Å²) in [4.78, 5) is 17.2. The van der Waals surface area contributed by atoms with Crippen LogP contribution in [0, 0.1) is 0 Å². The molecule has 0 radical (unpaired) electrons. The van der Waals surface area contributed by atoms with Crippen molar-refractivity contribution in [2.45, 2.75) is 45.6 Å². The number of carbonyl (C=O) groups is 1. The summed E-state index contributed by atoms with van der Waals surface area (Å²) in [6, 6.07) is 14.9. The fourth-order valence-electron chi connectivity index (χ4n) is 3.05. The number of carbonyl (C=O) groups excluding carboxylic acids is 1. The number of halogens is 1. The molecule has 1 N–H and O–H groups in total. The first-order chi connectivity index (χ1) is 12.7. The lowest BCUT2D eigenvalue weighted by Gasteiger charge is -2.10. The van der Waals surface area contributed by atoms with Gasteiger partial charge in [0.05, 0.1) is 11.0 Å². The monoisotopic (exact) mass is 369 g/mol. The summed E-state index contributed by atoms with van der Waals surface area (Å²) in [5.74, 6) is 0.422. The number of fused-ring (bicyclic) bond motifs is 1. The molecule has 26 heavy (non-hydrogen) atoms. The number of hydrogen-bond acceptors (Lipinski definition) is 2. The fraction of sp³-hybridized carbons (Fsp3) is 0.333. The van der Waals surface area contributed by atoms with Crippen molar-refractivity contribution in [3.63, 3.8) is 0 Å². The van der Waals surface area contributed by atoms with Crippen LogP contribution in [0.15, 0.2) is 48.5 Å². The Hall–Kier alpha value is -2.33. The van der Waals surface area contributed by atoms with E-state index < -0.39 is 0 Å². The third-order valence-corrected chi connectivity index (χ3v) is 4.72. The van der Waals surface area contributed by atoms with Gasteiger partial charge in [-0.15, -0.1) is 0 Å². The molecule has 0 unspecified atom stereocenters. The van der Waals surface area contributed by atoms with Crippen LogP contribution in [0.1, 0.15) is 49.4 Å². The first-order valence-electron chi connectivity index (χ1n) is 9.21. The maximum Gasteiger partial charge on any atom is 0.257 e. The van der Waals surface area contributed by atoms with Gasteiger partial charge < -0.3 is 4.57 Å². The zero-order chi connectivity index (χ0) is 18.4. The van der Waals surface area contributed by atoms with E-state index >= 15 is 0 Å². The Morgan fingerprint density at radius 3 is 2.54 bits per heavy atom. The number of amides is 1. The van der Waals surface area contributed by atoms with Gasteiger partial charge in [-0.2, -0.15) is 0 Å². The highest BCUT2D eigenvalue weighted by atomic mass is 35.5. The molecule has 1 aromatic heterocycles. The third kappa shape index (κ3) is 4.44. The van der Waals surface area contributed by atoms with Crippen LogP contribution >= 0.6 is 11.6 Å². The van der Waals surface area contributed by atoms with Crippen LogP contribution in [0.4, 0.5) is 5.95 Å². The lowest BCUT2D eigenvalue weighted by atomic mass is 10.1. The van der Waals surface area contributed by atoms with Crippen LogP contribution in [-0.4, -0.2) is 15.5 Å². The molecular weight excluding hydrogens is 346 g/mol. The molecule has 0 saturated heterocycles. The molecule has 0 saturated carbocycles. The first kappa shape index (κ1) is 18.5. The molecule has 4 nitrogen and oxygen atoms in total. The molecule has 136 valence electrons. The summed E-state index contributed by atoms with van der Waals surface area (Å²) in [6.07, 6.45) is 6.01. The zero-order valence-electron chi connectivity index (χ0n) is 15.0. The number of imidazole rings is 1. The zero-order valence-corrected chi connectivity index (χ0v) is 15.8. The van der Waals surface area contributed by atoms with Crippen LogP contribution < -0.4 is 5.32 Å². The van der Waals surface area contributed by atoms with E-state index in [0.717, 1.165) is 24.0 Å². The standard InChI is InChI=1S/C21H24ClN3O/c1-2-3-4-5-8-15-25-19-10-7-6-9-18(19)23-21(25)24-20(26)16-11-13-17(22)14-12-16/h6-7,9-14H,2-5,8,15H2,1H3,(H,23,24,26). The van der Waals surface area contributed by atoms with Crippen LogP contribution in [-0.2, 0) is 6.54 Å². The van der Waals surface area contributed by atoms with Crippen LogP contribution in [0.25, 0.3) is 11.0 Å². The van der Waals surface area contributed by atoms with Crippen molar-refractivity contribution in [1.82, 2.24) is 9.55 Å². The minimum Gasteiger partial charge on any atom is -0.310 e. The average molecular weight is 370 g/mol. The quantitative estimate of drug-likeness (QED) is 0.501. The highest BCUT2D eigenvalue weighted by Gasteiger charge is 2.14. The molecule has 1 heterocycles. The minimum absolute atomic E-state index is 0.177. The summed E-state index contributed by atoms with van der Waals surface area (Å²) in [5, 5.41) is 3.57. The van der Waals surface area contributed by atoms with E-state index in [1.807, 2.05) is 24.3 Å². The molecule has 0 aliphatic carbocycles. The smallest absolute Gasteiger partial charge is 0.257 e. The number of aromatic nitrogens is 2. The number of nitrogens with zero attached hydrogens (tertiary/aromatic N) is 2. The highest BCUT2D eigenvalue weighted by Crippen LogP contribution is 2.21. The third-order valence-electron chi connectivity index (χ3n) is 4.47. The molecule has 0 atom stereocenters. The summed E-state index contributed by atoms with van der Waals surface area (Å²) in [5.41, 5.74) is 2.51. The van der Waals surface area contributed by atoms with Crippen molar-refractivity contribution in [2.75, 3.05) is 5.32 Å². The number of benzene rings is 2. The van der Waals surface area contributed by atoms with Gasteiger partial charge in [-0.25, -0.2) is 4.98 Å². The second-order valence-electron chi connectivity index (χ2n) is 6.45. The Kier molecular flexibility index (Phi) is 6.29. The number of anilines is 1. The summed E-state index contributed by atoms with van der Waals surface area (Å²) in [7, 11) is 0. The molecule has 0 aliphatic heterocycles. The van der Waals surface area contributed by atoms with E-state index in [1.54, 1.807) is 24.3 Å². The molecule has 3 rings (SSSR count). The van der Waals surface area contributed by atoms with E-state index in [2.05, 4.69) is 21.8 Å². The molecule has 1 amide bonds. The van der Waals surface area contributed by atoms with Gasteiger partial charge in [0.15, 0.2) is 0 Å². The van der Waals surface area contributed by atoms with Gasteiger partial charge in [-0.05, 0) is 42.8 Å². The molecule has 0 bridgehead atoms. The maximum atomic E-state index is 12.6. The summed E-state index contributed by atoms with van der Waals surface area (Å²) >= 11 is 5.90. The SMILES string of the molecule is CCCCCCCn1c(NC(=O)c2ccc(Cl)cc2)nc2ccccc21. The van der Waals surface area contributed by atoms with Crippen molar-refractivity contribution in [3.05, 3.63) is 59.1 Å². The summed E-state index contributed by atoms with van der Waals surface area (Å²) < 4.78 is 2.11. The Morgan fingerprint density at radius 1 is 1.04 bits per heavy atom. The molecule has 3 aromatic rings. The van der Waals surface area contributed by atoms with Gasteiger partial charge in [0.25, 0.3) is 5.91 Å². The van der Waals surface area contributed by atoms with Gasteiger partial charge in [-0.1, -0.05) is 56.3 Å². The Labute approximate surface area is 159 Å². The number of para-hydroxylation sites is 2. The topological polar surface area (TPSA) is 46.9 Å². The first-order valence-corrected chi connectivity index (χ1v) is 9.59. The normalized spacial score (nSPS) is 11.0. The minimum atomic E-state index is -0.177. The van der Waals surface area contributed by atoms with Crippen LogP contribution in [0.2, 0.25) is 5.02 Å². The second-order valence-corrected chi connectivity index (χ2v) is 6.89. The van der Waals surface area contributed by atoms with Gasteiger partial charge >= 0.3 is 0 Å². The number of rotatable bonds is 8. The molecule has 5 heteroatoms. The molecular formula is C21H24ClN3O. The fourth-order valence-corrected chi connectivity index (χ4v) is 3.17. The van der Waals surface area contributed by atoms with E-state index in [9.17, 15) is 4.79 Å².